The van der Waals surface area contributed by atoms with Crippen LogP contribution in [0.3, 0.4) is 0 Å². The molecule has 108 valence electrons. The van der Waals surface area contributed by atoms with Crippen LogP contribution >= 0.6 is 0 Å². The molecular weight excluding hydrogens is 293 g/mol. The van der Waals surface area contributed by atoms with Gasteiger partial charge in [-0.15, -0.1) is 0 Å². The Morgan fingerprint density at radius 3 is 2.52 bits per heavy atom. The number of halogens is 1. The molecule has 0 unspecified atom stereocenters. The second-order valence-electron chi connectivity index (χ2n) is 4.13. The Labute approximate surface area is 122 Å². The Morgan fingerprint density at radius 2 is 1.95 bits per heavy atom. The third-order valence-electron chi connectivity index (χ3n) is 2.88. The number of pyridine rings is 1. The minimum absolute atomic E-state index is 0.126. The van der Waals surface area contributed by atoms with E-state index in [4.69, 9.17) is 5.26 Å². The van der Waals surface area contributed by atoms with Gasteiger partial charge in [-0.2, -0.15) is 5.26 Å². The van der Waals surface area contributed by atoms with Crippen molar-refractivity contribution in [1.29, 1.82) is 5.26 Å². The Morgan fingerprint density at radius 1 is 1.29 bits per heavy atom. The van der Waals surface area contributed by atoms with Gasteiger partial charge in [0.25, 0.3) is 10.0 Å². The highest BCUT2D eigenvalue weighted by Gasteiger charge is 2.24. The number of hydrogen-bond acceptors (Lipinski definition) is 4. The minimum Gasteiger partial charge on any atom is -0.267 e. The number of sulfonamides is 1. The molecule has 0 N–H and O–H groups in total. The summed E-state index contributed by atoms with van der Waals surface area (Å²) < 4.78 is 39.7. The lowest BCUT2D eigenvalue weighted by molar-refractivity contribution is 0.590. The second kappa shape index (κ2) is 5.89. The topological polar surface area (TPSA) is 74.1 Å². The van der Waals surface area contributed by atoms with Crippen LogP contribution < -0.4 is 4.31 Å². The van der Waals surface area contributed by atoms with Crippen molar-refractivity contribution in [2.75, 3.05) is 10.8 Å². The van der Waals surface area contributed by atoms with Crippen LogP contribution in [0.5, 0.6) is 0 Å². The Hall–Kier alpha value is -2.46. The average molecular weight is 305 g/mol. The molecule has 7 heteroatoms. The number of anilines is 1. The normalized spacial score (nSPS) is 10.9. The molecule has 0 atom stereocenters. The highest BCUT2D eigenvalue weighted by atomic mass is 32.2. The first-order chi connectivity index (χ1) is 10.0. The van der Waals surface area contributed by atoms with Crippen molar-refractivity contribution in [3.05, 3.63) is 54.1 Å². The maximum Gasteiger partial charge on any atom is 0.264 e. The molecule has 0 spiro atoms. The summed E-state index contributed by atoms with van der Waals surface area (Å²) in [6.07, 6.45) is 2.97. The first-order valence-corrected chi connectivity index (χ1v) is 7.57. The van der Waals surface area contributed by atoms with Gasteiger partial charge >= 0.3 is 0 Å². The van der Waals surface area contributed by atoms with Crippen molar-refractivity contribution in [3.8, 4) is 6.07 Å². The highest BCUT2D eigenvalue weighted by Crippen LogP contribution is 2.24. The lowest BCUT2D eigenvalue weighted by Gasteiger charge is -2.22. The van der Waals surface area contributed by atoms with Crippen molar-refractivity contribution in [2.45, 2.75) is 11.8 Å². The van der Waals surface area contributed by atoms with Gasteiger partial charge in [-0.1, -0.05) is 0 Å². The summed E-state index contributed by atoms with van der Waals surface area (Å²) in [5, 5.41) is 8.81. The van der Waals surface area contributed by atoms with E-state index in [0.717, 1.165) is 18.2 Å². The van der Waals surface area contributed by atoms with Gasteiger partial charge in [0.1, 0.15) is 11.9 Å². The summed E-state index contributed by atoms with van der Waals surface area (Å²) >= 11 is 0. The summed E-state index contributed by atoms with van der Waals surface area (Å²) in [6.45, 7) is 1.89. The number of rotatable bonds is 4. The van der Waals surface area contributed by atoms with Crippen molar-refractivity contribution < 1.29 is 12.8 Å². The van der Waals surface area contributed by atoms with Crippen molar-refractivity contribution in [3.63, 3.8) is 0 Å². The molecule has 0 fully saturated rings. The summed E-state index contributed by atoms with van der Waals surface area (Å²) in [4.78, 5) is 3.72. The molecule has 21 heavy (non-hydrogen) atoms. The van der Waals surface area contributed by atoms with Crippen LogP contribution in [0.4, 0.5) is 10.1 Å². The first-order valence-electron chi connectivity index (χ1n) is 6.13. The molecule has 0 aliphatic carbocycles. The fourth-order valence-corrected chi connectivity index (χ4v) is 3.38. The molecule has 0 amide bonds. The molecule has 2 aromatic rings. The van der Waals surface area contributed by atoms with Gasteiger partial charge in [0.15, 0.2) is 0 Å². The number of benzene rings is 1. The second-order valence-corrected chi connectivity index (χ2v) is 5.99. The standard InChI is InChI=1S/C14H12FN3O2S/c1-2-18(12-5-7-17-8-6-12)21(19,20)13-3-4-14(15)11(9-13)10-16/h3-9H,2H2,1H3. The SMILES string of the molecule is CCN(c1ccncc1)S(=O)(=O)c1ccc(F)c(C#N)c1. The maximum absolute atomic E-state index is 13.3. The van der Waals surface area contributed by atoms with Gasteiger partial charge in [0.2, 0.25) is 0 Å². The third-order valence-corrected chi connectivity index (χ3v) is 4.78. The van der Waals surface area contributed by atoms with E-state index in [2.05, 4.69) is 4.98 Å². The van der Waals surface area contributed by atoms with Crippen LogP contribution in [0.2, 0.25) is 0 Å². The van der Waals surface area contributed by atoms with Gasteiger partial charge in [-0.05, 0) is 37.3 Å². The molecule has 1 aromatic carbocycles. The zero-order chi connectivity index (χ0) is 15.5. The van der Waals surface area contributed by atoms with E-state index in [1.807, 2.05) is 0 Å². The highest BCUT2D eigenvalue weighted by molar-refractivity contribution is 7.92. The smallest absolute Gasteiger partial charge is 0.264 e. The van der Waals surface area contributed by atoms with E-state index in [0.29, 0.717) is 5.69 Å². The van der Waals surface area contributed by atoms with E-state index >= 15 is 0 Å². The Bertz CT molecular complexity index is 786. The van der Waals surface area contributed by atoms with Gasteiger partial charge in [0.05, 0.1) is 16.1 Å². The zero-order valence-corrected chi connectivity index (χ0v) is 12.0. The molecule has 0 saturated carbocycles. The predicted molar refractivity (Wildman–Crippen MR) is 75.6 cm³/mol. The van der Waals surface area contributed by atoms with Crippen LogP contribution in [-0.4, -0.2) is 19.9 Å². The number of hydrogen-bond donors (Lipinski definition) is 0. The Kier molecular flexibility index (Phi) is 4.19. The quantitative estimate of drug-likeness (QED) is 0.868. The summed E-state index contributed by atoms with van der Waals surface area (Å²) in [5.74, 6) is -0.747. The van der Waals surface area contributed by atoms with E-state index in [1.54, 1.807) is 25.1 Å². The molecule has 1 heterocycles. The van der Waals surface area contributed by atoms with Gasteiger partial charge in [0, 0.05) is 18.9 Å². The fraction of sp³-hybridized carbons (Fsp3) is 0.143. The average Bonchev–Trinajstić information content (AvgIpc) is 2.49. The van der Waals surface area contributed by atoms with Gasteiger partial charge in [-0.3, -0.25) is 9.29 Å². The molecule has 0 saturated heterocycles. The van der Waals surface area contributed by atoms with Gasteiger partial charge < -0.3 is 0 Å². The minimum atomic E-state index is -3.87. The van der Waals surface area contributed by atoms with E-state index < -0.39 is 15.8 Å². The molecule has 5 nitrogen and oxygen atoms in total. The molecule has 2 rings (SSSR count). The summed E-state index contributed by atoms with van der Waals surface area (Å²) in [5.41, 5.74) is 0.150. The zero-order valence-electron chi connectivity index (χ0n) is 11.2. The van der Waals surface area contributed by atoms with Crippen molar-refractivity contribution in [2.24, 2.45) is 0 Å². The van der Waals surface area contributed by atoms with Crippen molar-refractivity contribution >= 4 is 15.7 Å². The number of aromatic nitrogens is 1. The summed E-state index contributed by atoms with van der Waals surface area (Å²) in [7, 11) is -3.87. The van der Waals surface area contributed by atoms with Crippen LogP contribution in [0.1, 0.15) is 12.5 Å². The lowest BCUT2D eigenvalue weighted by atomic mass is 10.2. The van der Waals surface area contributed by atoms with Crippen LogP contribution in [-0.2, 0) is 10.0 Å². The third kappa shape index (κ3) is 2.85. The van der Waals surface area contributed by atoms with Crippen LogP contribution in [0.25, 0.3) is 0 Å². The predicted octanol–water partition coefficient (Wildman–Crippen LogP) is 2.31. The molecule has 0 bridgehead atoms. The number of nitrogens with zero attached hydrogens (tertiary/aromatic N) is 3. The molecule has 1 aromatic heterocycles. The molecule has 0 aliphatic heterocycles. The lowest BCUT2D eigenvalue weighted by Crippen LogP contribution is -2.30. The Balaban J connectivity index is 2.53. The van der Waals surface area contributed by atoms with Crippen molar-refractivity contribution in [1.82, 2.24) is 4.98 Å². The molecular formula is C14H12FN3O2S. The van der Waals surface area contributed by atoms with E-state index in [9.17, 15) is 12.8 Å². The monoisotopic (exact) mass is 305 g/mol. The fourth-order valence-electron chi connectivity index (χ4n) is 1.88. The molecule has 0 radical (unpaired) electrons. The van der Waals surface area contributed by atoms with Crippen LogP contribution in [0.15, 0.2) is 47.6 Å². The van der Waals surface area contributed by atoms with Gasteiger partial charge in [-0.25, -0.2) is 12.8 Å². The van der Waals surface area contributed by atoms with Crippen LogP contribution in [0, 0.1) is 17.1 Å². The van der Waals surface area contributed by atoms with E-state index in [1.165, 1.54) is 16.7 Å². The number of nitriles is 1. The largest absolute Gasteiger partial charge is 0.267 e. The summed E-state index contributed by atoms with van der Waals surface area (Å²) in [6, 6.07) is 7.93. The first kappa shape index (κ1) is 14.9. The maximum atomic E-state index is 13.3. The van der Waals surface area contributed by atoms with E-state index in [-0.39, 0.29) is 17.0 Å². The molecule has 0 aliphatic rings.